The molecule has 1 saturated heterocycles. The van der Waals surface area contributed by atoms with Crippen molar-refractivity contribution in [1.82, 2.24) is 5.32 Å². The Balaban J connectivity index is 1.56. The molecule has 31 heavy (non-hydrogen) atoms. The number of rotatable bonds is 5. The number of ether oxygens (including phenoxy) is 1. The van der Waals surface area contributed by atoms with Gasteiger partial charge in [0.15, 0.2) is 5.17 Å². The van der Waals surface area contributed by atoms with E-state index in [1.807, 2.05) is 43.3 Å². The van der Waals surface area contributed by atoms with Crippen LogP contribution in [0.2, 0.25) is 0 Å². The molecule has 3 aromatic rings. The van der Waals surface area contributed by atoms with Crippen LogP contribution in [0.1, 0.15) is 16.7 Å². The van der Waals surface area contributed by atoms with E-state index in [2.05, 4.69) is 26.2 Å². The minimum atomic E-state index is -0.317. The summed E-state index contributed by atoms with van der Waals surface area (Å²) in [6.07, 6.45) is 1.75. The van der Waals surface area contributed by atoms with Gasteiger partial charge in [-0.3, -0.25) is 4.79 Å². The summed E-state index contributed by atoms with van der Waals surface area (Å²) in [5, 5.41) is 3.31. The molecule has 0 atom stereocenters. The van der Waals surface area contributed by atoms with Crippen LogP contribution < -0.4 is 10.1 Å². The molecule has 156 valence electrons. The van der Waals surface area contributed by atoms with Gasteiger partial charge in [0.25, 0.3) is 5.91 Å². The number of carbonyl (C=O) groups excluding carboxylic acids is 1. The van der Waals surface area contributed by atoms with E-state index in [9.17, 15) is 9.18 Å². The zero-order valence-corrected chi connectivity index (χ0v) is 19.0. The van der Waals surface area contributed by atoms with E-state index in [-0.39, 0.29) is 18.3 Å². The summed E-state index contributed by atoms with van der Waals surface area (Å²) in [4.78, 5) is 17.5. The quantitative estimate of drug-likeness (QED) is 0.417. The van der Waals surface area contributed by atoms with Crippen molar-refractivity contribution >= 4 is 50.5 Å². The number of hydrogen-bond acceptors (Lipinski definition) is 4. The van der Waals surface area contributed by atoms with Gasteiger partial charge < -0.3 is 10.1 Å². The highest BCUT2D eigenvalue weighted by Crippen LogP contribution is 2.32. The molecule has 0 spiro atoms. The summed E-state index contributed by atoms with van der Waals surface area (Å²) in [5.41, 5.74) is 3.08. The normalized spacial score (nSPS) is 16.0. The first kappa shape index (κ1) is 21.3. The standard InChI is InChI=1S/C24H18BrFN2O2S/c1-15-6-9-19(10-7-15)27-24-28-23(29)22(31-24)13-17-12-18(25)8-11-21(17)30-14-16-4-2-3-5-20(16)26/h2-13H,14H2,1H3,(H,27,28,29)/b22-13-. The first-order valence-corrected chi connectivity index (χ1v) is 11.1. The van der Waals surface area contributed by atoms with Crippen molar-refractivity contribution in [3.8, 4) is 5.75 Å². The number of aryl methyl sites for hydroxylation is 1. The average Bonchev–Trinajstić information content (AvgIpc) is 3.09. The average molecular weight is 497 g/mol. The molecule has 0 saturated carbocycles. The third kappa shape index (κ3) is 5.42. The number of benzene rings is 3. The molecule has 0 radical (unpaired) electrons. The molecular formula is C24H18BrFN2O2S. The van der Waals surface area contributed by atoms with Crippen LogP contribution in [0.3, 0.4) is 0 Å². The topological polar surface area (TPSA) is 50.7 Å². The summed E-state index contributed by atoms with van der Waals surface area (Å²) in [6.45, 7) is 2.09. The minimum Gasteiger partial charge on any atom is -0.488 e. The summed E-state index contributed by atoms with van der Waals surface area (Å²) in [5.74, 6) is 0.00868. The van der Waals surface area contributed by atoms with Gasteiger partial charge in [-0.15, -0.1) is 0 Å². The molecule has 4 rings (SSSR count). The van der Waals surface area contributed by atoms with Crippen LogP contribution in [-0.2, 0) is 11.4 Å². The minimum absolute atomic E-state index is 0.0873. The van der Waals surface area contributed by atoms with Crippen molar-refractivity contribution in [3.05, 3.63) is 98.6 Å². The van der Waals surface area contributed by atoms with Crippen LogP contribution in [0.15, 0.2) is 81.1 Å². The van der Waals surface area contributed by atoms with Gasteiger partial charge in [0.05, 0.1) is 10.6 Å². The number of thioether (sulfide) groups is 1. The van der Waals surface area contributed by atoms with Crippen molar-refractivity contribution in [1.29, 1.82) is 0 Å². The zero-order chi connectivity index (χ0) is 21.8. The maximum absolute atomic E-state index is 13.9. The lowest BCUT2D eigenvalue weighted by Gasteiger charge is -2.11. The predicted molar refractivity (Wildman–Crippen MR) is 127 cm³/mol. The van der Waals surface area contributed by atoms with Crippen LogP contribution in [0.25, 0.3) is 6.08 Å². The molecule has 1 fully saturated rings. The van der Waals surface area contributed by atoms with E-state index in [0.29, 0.717) is 26.9 Å². The summed E-state index contributed by atoms with van der Waals surface area (Å²) in [6, 6.07) is 19.7. The molecular weight excluding hydrogens is 479 g/mol. The van der Waals surface area contributed by atoms with E-state index >= 15 is 0 Å². The fourth-order valence-electron chi connectivity index (χ4n) is 2.89. The Morgan fingerprint density at radius 1 is 1.13 bits per heavy atom. The first-order chi connectivity index (χ1) is 15.0. The van der Waals surface area contributed by atoms with Gasteiger partial charge in [-0.05, 0) is 61.2 Å². The van der Waals surface area contributed by atoms with Crippen molar-refractivity contribution in [2.45, 2.75) is 13.5 Å². The Hall–Kier alpha value is -2.90. The number of nitrogens with one attached hydrogen (secondary N) is 1. The van der Waals surface area contributed by atoms with Crippen LogP contribution >= 0.6 is 27.7 Å². The number of amides is 1. The SMILES string of the molecule is Cc1ccc(N=C2NC(=O)/C(=C/c3cc(Br)ccc3OCc3ccccc3F)S2)cc1. The van der Waals surface area contributed by atoms with Gasteiger partial charge in [-0.1, -0.05) is 51.8 Å². The number of amidine groups is 1. The van der Waals surface area contributed by atoms with Gasteiger partial charge >= 0.3 is 0 Å². The van der Waals surface area contributed by atoms with Crippen LogP contribution in [0.4, 0.5) is 10.1 Å². The van der Waals surface area contributed by atoms with Gasteiger partial charge in [0.2, 0.25) is 0 Å². The second kappa shape index (κ2) is 9.49. The fraction of sp³-hybridized carbons (Fsp3) is 0.0833. The Morgan fingerprint density at radius 3 is 2.68 bits per heavy atom. The van der Waals surface area contributed by atoms with Crippen molar-refractivity contribution in [2.24, 2.45) is 4.99 Å². The summed E-state index contributed by atoms with van der Waals surface area (Å²) >= 11 is 4.72. The number of hydrogen-bond donors (Lipinski definition) is 1. The molecule has 1 aliphatic heterocycles. The smallest absolute Gasteiger partial charge is 0.264 e. The first-order valence-electron chi connectivity index (χ1n) is 9.50. The second-order valence-corrected chi connectivity index (χ2v) is 8.83. The molecule has 3 aromatic carbocycles. The molecule has 0 aliphatic carbocycles. The summed E-state index contributed by atoms with van der Waals surface area (Å²) < 4.78 is 20.6. The van der Waals surface area contributed by atoms with Crippen molar-refractivity contribution in [3.63, 3.8) is 0 Å². The Morgan fingerprint density at radius 2 is 1.90 bits per heavy atom. The highest BCUT2D eigenvalue weighted by atomic mass is 79.9. The van der Waals surface area contributed by atoms with E-state index < -0.39 is 0 Å². The number of carbonyl (C=O) groups is 1. The van der Waals surface area contributed by atoms with E-state index in [0.717, 1.165) is 15.7 Å². The Kier molecular flexibility index (Phi) is 6.53. The lowest BCUT2D eigenvalue weighted by atomic mass is 10.1. The maximum Gasteiger partial charge on any atom is 0.264 e. The van der Waals surface area contributed by atoms with Gasteiger partial charge in [-0.2, -0.15) is 0 Å². The molecule has 0 unspecified atom stereocenters. The van der Waals surface area contributed by atoms with Crippen molar-refractivity contribution in [2.75, 3.05) is 0 Å². The van der Waals surface area contributed by atoms with E-state index in [1.54, 1.807) is 30.3 Å². The number of nitrogens with zero attached hydrogens (tertiary/aromatic N) is 1. The van der Waals surface area contributed by atoms with Gasteiger partial charge in [-0.25, -0.2) is 9.38 Å². The zero-order valence-electron chi connectivity index (χ0n) is 16.6. The molecule has 4 nitrogen and oxygen atoms in total. The third-order valence-electron chi connectivity index (χ3n) is 4.51. The van der Waals surface area contributed by atoms with Crippen LogP contribution in [0.5, 0.6) is 5.75 Å². The summed E-state index contributed by atoms with van der Waals surface area (Å²) in [7, 11) is 0. The lowest BCUT2D eigenvalue weighted by Crippen LogP contribution is -2.19. The lowest BCUT2D eigenvalue weighted by molar-refractivity contribution is -0.115. The number of halogens is 2. The van der Waals surface area contributed by atoms with Crippen LogP contribution in [-0.4, -0.2) is 11.1 Å². The molecule has 1 amide bonds. The van der Waals surface area contributed by atoms with E-state index in [1.165, 1.54) is 17.8 Å². The predicted octanol–water partition coefficient (Wildman–Crippen LogP) is 6.37. The highest BCUT2D eigenvalue weighted by molar-refractivity contribution is 9.10. The van der Waals surface area contributed by atoms with Crippen LogP contribution in [0, 0.1) is 12.7 Å². The molecule has 0 bridgehead atoms. The van der Waals surface area contributed by atoms with Crippen molar-refractivity contribution < 1.29 is 13.9 Å². The van der Waals surface area contributed by atoms with Gasteiger partial charge in [0, 0.05) is 15.6 Å². The largest absolute Gasteiger partial charge is 0.488 e. The molecule has 1 heterocycles. The molecule has 7 heteroatoms. The maximum atomic E-state index is 13.9. The molecule has 0 aromatic heterocycles. The monoisotopic (exact) mass is 496 g/mol. The molecule has 1 N–H and O–H groups in total. The second-order valence-electron chi connectivity index (χ2n) is 6.88. The molecule has 1 aliphatic rings. The highest BCUT2D eigenvalue weighted by Gasteiger charge is 2.24. The van der Waals surface area contributed by atoms with E-state index in [4.69, 9.17) is 4.74 Å². The Bertz CT molecular complexity index is 1190. The van der Waals surface area contributed by atoms with Gasteiger partial charge in [0.1, 0.15) is 18.2 Å². The Labute approximate surface area is 192 Å². The number of aliphatic imine (C=N–C) groups is 1. The third-order valence-corrected chi connectivity index (χ3v) is 5.92. The fourth-order valence-corrected chi connectivity index (χ4v) is 4.10.